The molecule has 0 saturated heterocycles. The zero-order valence-electron chi connectivity index (χ0n) is 17.1. The Morgan fingerprint density at radius 3 is 2.77 bits per heavy atom. The van der Waals surface area contributed by atoms with Gasteiger partial charge in [-0.25, -0.2) is 4.79 Å². The molecule has 1 aliphatic heterocycles. The molecule has 5 rings (SSSR count). The van der Waals surface area contributed by atoms with Crippen LogP contribution in [0.15, 0.2) is 67.0 Å². The quantitative estimate of drug-likeness (QED) is 0.479. The predicted octanol–water partition coefficient (Wildman–Crippen LogP) is 5.36. The highest BCUT2D eigenvalue weighted by atomic mass is 16.2. The fourth-order valence-corrected chi connectivity index (χ4v) is 4.36. The van der Waals surface area contributed by atoms with E-state index >= 15 is 0 Å². The minimum Gasteiger partial charge on any atom is -0.356 e. The first-order valence-electron chi connectivity index (χ1n) is 10.3. The Morgan fingerprint density at radius 1 is 1.10 bits per heavy atom. The maximum Gasteiger partial charge on any atom is 0.322 e. The second-order valence-electron chi connectivity index (χ2n) is 7.92. The van der Waals surface area contributed by atoms with E-state index in [0.29, 0.717) is 6.54 Å². The van der Waals surface area contributed by atoms with Gasteiger partial charge in [-0.3, -0.25) is 4.98 Å². The van der Waals surface area contributed by atoms with E-state index in [0.717, 1.165) is 34.4 Å². The van der Waals surface area contributed by atoms with Gasteiger partial charge < -0.3 is 15.2 Å². The number of urea groups is 1. The second kappa shape index (κ2) is 7.34. The number of aromatic amines is 1. The van der Waals surface area contributed by atoms with Crippen molar-refractivity contribution in [2.75, 3.05) is 11.9 Å². The number of aryl methyl sites for hydroxylation is 2. The average Bonchev–Trinajstić information content (AvgIpc) is 3.15. The molecular formula is C25H24N4O. The lowest BCUT2D eigenvalue weighted by atomic mass is 9.93. The van der Waals surface area contributed by atoms with Gasteiger partial charge in [0.2, 0.25) is 0 Å². The summed E-state index contributed by atoms with van der Waals surface area (Å²) in [6.07, 6.45) is 4.43. The third-order valence-corrected chi connectivity index (χ3v) is 6.05. The highest BCUT2D eigenvalue weighted by molar-refractivity contribution is 5.91. The van der Waals surface area contributed by atoms with Gasteiger partial charge in [-0.15, -0.1) is 0 Å². The summed E-state index contributed by atoms with van der Waals surface area (Å²) in [4.78, 5) is 23.2. The van der Waals surface area contributed by atoms with Gasteiger partial charge in [-0.2, -0.15) is 0 Å². The van der Waals surface area contributed by atoms with Crippen LogP contribution in [0.4, 0.5) is 10.5 Å². The van der Waals surface area contributed by atoms with Crippen molar-refractivity contribution in [3.63, 3.8) is 0 Å². The minimum atomic E-state index is -0.207. The third kappa shape index (κ3) is 3.12. The van der Waals surface area contributed by atoms with Crippen molar-refractivity contribution in [2.24, 2.45) is 0 Å². The topological polar surface area (TPSA) is 61.0 Å². The number of fused-ring (bicyclic) bond motifs is 3. The number of anilines is 1. The van der Waals surface area contributed by atoms with Crippen LogP contribution in [0.5, 0.6) is 0 Å². The van der Waals surface area contributed by atoms with Crippen LogP contribution in [0.2, 0.25) is 0 Å². The van der Waals surface area contributed by atoms with E-state index in [-0.39, 0.29) is 12.1 Å². The molecule has 4 aromatic rings. The highest BCUT2D eigenvalue weighted by Crippen LogP contribution is 2.38. The maximum atomic E-state index is 13.4. The van der Waals surface area contributed by atoms with Gasteiger partial charge in [0, 0.05) is 41.2 Å². The first kappa shape index (κ1) is 18.4. The largest absolute Gasteiger partial charge is 0.356 e. The SMILES string of the molecule is Cc1ccc(NC(=O)N2CCc3c([nH]c4ccccc34)[C@H]2c2cccnc2)cc1C. The molecule has 2 N–H and O–H groups in total. The number of H-pyrrole nitrogens is 1. The summed E-state index contributed by atoms with van der Waals surface area (Å²) in [6, 6.07) is 18.0. The van der Waals surface area contributed by atoms with E-state index in [9.17, 15) is 4.79 Å². The summed E-state index contributed by atoms with van der Waals surface area (Å²) >= 11 is 0. The number of carbonyl (C=O) groups excluding carboxylic acids is 1. The number of carbonyl (C=O) groups is 1. The van der Waals surface area contributed by atoms with Crippen LogP contribution in [0.3, 0.4) is 0 Å². The van der Waals surface area contributed by atoms with Crippen LogP contribution in [0.1, 0.15) is 34.0 Å². The van der Waals surface area contributed by atoms with Crippen molar-refractivity contribution >= 4 is 22.6 Å². The number of nitrogens with one attached hydrogen (secondary N) is 2. The Hall–Kier alpha value is -3.60. The number of rotatable bonds is 2. The number of para-hydroxylation sites is 1. The van der Waals surface area contributed by atoms with Crippen molar-refractivity contribution in [3.8, 4) is 0 Å². The van der Waals surface area contributed by atoms with Crippen molar-refractivity contribution in [1.29, 1.82) is 0 Å². The summed E-state index contributed by atoms with van der Waals surface area (Å²) in [5.41, 5.74) is 7.65. The first-order valence-corrected chi connectivity index (χ1v) is 10.3. The van der Waals surface area contributed by atoms with E-state index in [2.05, 4.69) is 47.3 Å². The lowest BCUT2D eigenvalue weighted by Gasteiger charge is -2.36. The summed E-state index contributed by atoms with van der Waals surface area (Å²) in [6.45, 7) is 4.77. The fraction of sp³-hybridized carbons (Fsp3) is 0.200. The Bertz CT molecular complexity index is 1230. The van der Waals surface area contributed by atoms with Gasteiger partial charge >= 0.3 is 6.03 Å². The molecule has 2 aromatic heterocycles. The molecule has 150 valence electrons. The minimum absolute atomic E-state index is 0.101. The van der Waals surface area contributed by atoms with Gasteiger partial charge in [-0.05, 0) is 66.8 Å². The smallest absolute Gasteiger partial charge is 0.322 e. The molecule has 0 bridgehead atoms. The van der Waals surface area contributed by atoms with Gasteiger partial charge in [-0.1, -0.05) is 30.3 Å². The van der Waals surface area contributed by atoms with Crippen molar-refractivity contribution in [3.05, 3.63) is 94.9 Å². The Labute approximate surface area is 175 Å². The predicted molar refractivity (Wildman–Crippen MR) is 120 cm³/mol. The first-order chi connectivity index (χ1) is 14.6. The molecule has 0 unspecified atom stereocenters. The number of nitrogens with zero attached hydrogens (tertiary/aromatic N) is 2. The molecule has 5 nitrogen and oxygen atoms in total. The average molecular weight is 396 g/mol. The standard InChI is InChI=1S/C25H24N4O/c1-16-9-10-19(14-17(16)2)27-25(30)29-13-11-21-20-7-3-4-8-22(20)28-23(21)24(29)18-6-5-12-26-15-18/h3-10,12,14-15,24,28H,11,13H2,1-2H3,(H,27,30)/t24-/m1/s1. The monoisotopic (exact) mass is 396 g/mol. The second-order valence-corrected chi connectivity index (χ2v) is 7.92. The number of aromatic nitrogens is 2. The van der Waals surface area contributed by atoms with Gasteiger partial charge in [0.25, 0.3) is 0 Å². The summed E-state index contributed by atoms with van der Waals surface area (Å²) in [5, 5.41) is 4.33. The Kier molecular flexibility index (Phi) is 4.51. The van der Waals surface area contributed by atoms with Crippen LogP contribution in [0, 0.1) is 13.8 Å². The molecular weight excluding hydrogens is 372 g/mol. The van der Waals surface area contributed by atoms with E-state index in [1.807, 2.05) is 47.5 Å². The van der Waals surface area contributed by atoms with Crippen LogP contribution in [0.25, 0.3) is 10.9 Å². The highest BCUT2D eigenvalue weighted by Gasteiger charge is 2.34. The molecule has 1 aliphatic rings. The summed E-state index contributed by atoms with van der Waals surface area (Å²) in [7, 11) is 0. The lowest BCUT2D eigenvalue weighted by molar-refractivity contribution is 0.193. The Balaban J connectivity index is 1.55. The molecule has 0 fully saturated rings. The third-order valence-electron chi connectivity index (χ3n) is 6.05. The number of hydrogen-bond acceptors (Lipinski definition) is 2. The zero-order chi connectivity index (χ0) is 20.7. The van der Waals surface area contributed by atoms with E-state index < -0.39 is 0 Å². The molecule has 1 atom stereocenters. The molecule has 30 heavy (non-hydrogen) atoms. The molecule has 5 heteroatoms. The van der Waals surface area contributed by atoms with Crippen molar-refractivity contribution in [1.82, 2.24) is 14.9 Å². The number of amides is 2. The summed E-state index contributed by atoms with van der Waals surface area (Å²) < 4.78 is 0. The molecule has 2 aromatic carbocycles. The van der Waals surface area contributed by atoms with Crippen LogP contribution >= 0.6 is 0 Å². The zero-order valence-corrected chi connectivity index (χ0v) is 17.1. The summed E-state index contributed by atoms with van der Waals surface area (Å²) in [5.74, 6) is 0. The lowest BCUT2D eigenvalue weighted by Crippen LogP contribution is -2.43. The normalized spacial score (nSPS) is 15.8. The van der Waals surface area contributed by atoms with Crippen molar-refractivity contribution in [2.45, 2.75) is 26.3 Å². The number of pyridine rings is 1. The van der Waals surface area contributed by atoms with Gasteiger partial charge in [0.15, 0.2) is 0 Å². The number of benzene rings is 2. The van der Waals surface area contributed by atoms with Crippen LogP contribution in [-0.2, 0) is 6.42 Å². The van der Waals surface area contributed by atoms with Gasteiger partial charge in [0.1, 0.15) is 6.04 Å². The molecule has 2 amide bonds. The molecule has 0 saturated carbocycles. The van der Waals surface area contributed by atoms with E-state index in [1.165, 1.54) is 16.5 Å². The van der Waals surface area contributed by atoms with Crippen molar-refractivity contribution < 1.29 is 4.79 Å². The van der Waals surface area contributed by atoms with E-state index in [1.54, 1.807) is 6.20 Å². The fourth-order valence-electron chi connectivity index (χ4n) is 4.36. The van der Waals surface area contributed by atoms with Crippen LogP contribution in [-0.4, -0.2) is 27.4 Å². The molecule has 3 heterocycles. The molecule has 0 aliphatic carbocycles. The number of hydrogen-bond donors (Lipinski definition) is 2. The Morgan fingerprint density at radius 2 is 1.97 bits per heavy atom. The molecule has 0 radical (unpaired) electrons. The van der Waals surface area contributed by atoms with Crippen LogP contribution < -0.4 is 5.32 Å². The maximum absolute atomic E-state index is 13.4. The van der Waals surface area contributed by atoms with Gasteiger partial charge in [0.05, 0.1) is 0 Å². The molecule has 0 spiro atoms. The van der Waals surface area contributed by atoms with E-state index in [4.69, 9.17) is 0 Å².